The van der Waals surface area contributed by atoms with Gasteiger partial charge in [-0.1, -0.05) is 0 Å². The molecule has 1 fully saturated rings. The number of nitro groups is 1. The van der Waals surface area contributed by atoms with Crippen LogP contribution in [0.3, 0.4) is 0 Å². The summed E-state index contributed by atoms with van der Waals surface area (Å²) in [6, 6.07) is 1.25. The zero-order chi connectivity index (χ0) is 14.0. The third-order valence-corrected chi connectivity index (χ3v) is 3.48. The number of carbonyl (C=O) groups is 1. The first-order valence-electron chi connectivity index (χ1n) is 6.18. The van der Waals surface area contributed by atoms with Gasteiger partial charge in [-0.2, -0.15) is 0 Å². The fraction of sp³-hybridized carbons (Fsp3) is 0.583. The molecule has 0 unspecified atom stereocenters. The highest BCUT2D eigenvalue weighted by Gasteiger charge is 2.28. The molecule has 0 aromatic carbocycles. The lowest BCUT2D eigenvalue weighted by Crippen LogP contribution is -2.44. The molecule has 2 heterocycles. The number of nitrogens with zero attached hydrogens (tertiary/aromatic N) is 2. The van der Waals surface area contributed by atoms with Gasteiger partial charge in [0.15, 0.2) is 5.78 Å². The van der Waals surface area contributed by atoms with E-state index in [1.807, 2.05) is 4.90 Å². The van der Waals surface area contributed by atoms with Crippen LogP contribution in [0.25, 0.3) is 0 Å². The van der Waals surface area contributed by atoms with Gasteiger partial charge in [0, 0.05) is 19.2 Å². The maximum Gasteiger partial charge on any atom is 0.287 e. The Bertz CT molecular complexity index is 485. The second-order valence-electron chi connectivity index (χ2n) is 5.22. The highest BCUT2D eigenvalue weighted by molar-refractivity contribution is 5.96. The third-order valence-electron chi connectivity index (χ3n) is 3.48. The molecule has 0 aliphatic carbocycles. The van der Waals surface area contributed by atoms with Crippen molar-refractivity contribution in [3.63, 3.8) is 0 Å². The number of piperidine rings is 1. The molecule has 19 heavy (non-hydrogen) atoms. The van der Waals surface area contributed by atoms with Crippen LogP contribution in [0.1, 0.15) is 30.3 Å². The lowest BCUT2D eigenvalue weighted by Gasteiger charge is -2.35. The lowest BCUT2D eigenvalue weighted by molar-refractivity contribution is -0.384. The predicted octanol–water partition coefficient (Wildman–Crippen LogP) is 0.952. The van der Waals surface area contributed by atoms with Gasteiger partial charge in [-0.25, -0.2) is 0 Å². The Kier molecular flexibility index (Phi) is 3.68. The highest BCUT2D eigenvalue weighted by atomic mass is 16.6. The van der Waals surface area contributed by atoms with E-state index in [1.165, 1.54) is 12.3 Å². The van der Waals surface area contributed by atoms with Gasteiger partial charge in [-0.05, 0) is 19.8 Å². The number of nitrogens with one attached hydrogen (secondary N) is 1. The number of aliphatic hydroxyl groups is 1. The van der Waals surface area contributed by atoms with Crippen molar-refractivity contribution in [2.75, 3.05) is 19.6 Å². The van der Waals surface area contributed by atoms with Crippen LogP contribution in [-0.4, -0.2) is 50.9 Å². The van der Waals surface area contributed by atoms with Gasteiger partial charge < -0.3 is 10.1 Å². The average Bonchev–Trinajstić information content (AvgIpc) is 2.81. The molecule has 0 bridgehead atoms. The van der Waals surface area contributed by atoms with Gasteiger partial charge in [-0.3, -0.25) is 19.8 Å². The molecule has 0 atom stereocenters. The van der Waals surface area contributed by atoms with E-state index < -0.39 is 10.5 Å². The molecule has 1 aromatic heterocycles. The quantitative estimate of drug-likeness (QED) is 0.480. The number of ketones is 1. The van der Waals surface area contributed by atoms with Crippen LogP contribution >= 0.6 is 0 Å². The van der Waals surface area contributed by atoms with Crippen molar-refractivity contribution in [1.29, 1.82) is 0 Å². The summed E-state index contributed by atoms with van der Waals surface area (Å²) < 4.78 is 0. The average molecular weight is 267 g/mol. The molecular weight excluding hydrogens is 250 g/mol. The minimum Gasteiger partial charge on any atom is -0.390 e. The number of hydrogen-bond donors (Lipinski definition) is 2. The van der Waals surface area contributed by atoms with Crippen LogP contribution < -0.4 is 0 Å². The second kappa shape index (κ2) is 5.10. The summed E-state index contributed by atoms with van der Waals surface area (Å²) in [6.45, 7) is 3.32. The molecule has 7 heteroatoms. The lowest BCUT2D eigenvalue weighted by atomic mass is 9.94. The minimum atomic E-state index is -0.648. The van der Waals surface area contributed by atoms with Gasteiger partial charge in [-0.15, -0.1) is 0 Å². The summed E-state index contributed by atoms with van der Waals surface area (Å²) in [7, 11) is 0. The SMILES string of the molecule is CC1(O)CCN(CC(=O)c2cc([N+](=O)[O-])c[nH]2)CC1. The van der Waals surface area contributed by atoms with E-state index in [9.17, 15) is 20.0 Å². The molecule has 1 aliphatic heterocycles. The van der Waals surface area contributed by atoms with Crippen LogP contribution in [0.2, 0.25) is 0 Å². The molecule has 0 spiro atoms. The zero-order valence-corrected chi connectivity index (χ0v) is 10.8. The predicted molar refractivity (Wildman–Crippen MR) is 68.1 cm³/mol. The van der Waals surface area contributed by atoms with Gasteiger partial charge in [0.05, 0.1) is 29.0 Å². The van der Waals surface area contributed by atoms with E-state index in [-0.39, 0.29) is 23.7 Å². The van der Waals surface area contributed by atoms with Crippen LogP contribution in [0.15, 0.2) is 12.3 Å². The van der Waals surface area contributed by atoms with Crippen LogP contribution in [-0.2, 0) is 0 Å². The maximum atomic E-state index is 12.0. The molecule has 1 aromatic rings. The molecule has 0 radical (unpaired) electrons. The highest BCUT2D eigenvalue weighted by Crippen LogP contribution is 2.21. The Labute approximate surface area is 110 Å². The molecule has 1 saturated heterocycles. The molecular formula is C12H17N3O4. The Morgan fingerprint density at radius 2 is 2.21 bits per heavy atom. The van der Waals surface area contributed by atoms with Crippen molar-refractivity contribution in [1.82, 2.24) is 9.88 Å². The normalized spacial score (nSPS) is 19.3. The standard InChI is InChI=1S/C12H17N3O4/c1-12(17)2-4-14(5-3-12)8-11(16)10-6-9(7-13-10)15(18)19/h6-7,13,17H,2-5,8H2,1H3. The first-order valence-corrected chi connectivity index (χ1v) is 6.18. The molecule has 1 aliphatic rings. The number of hydrogen-bond acceptors (Lipinski definition) is 5. The molecule has 0 saturated carbocycles. The molecule has 2 rings (SSSR count). The van der Waals surface area contributed by atoms with Gasteiger partial charge in [0.25, 0.3) is 5.69 Å². The number of aromatic nitrogens is 1. The minimum absolute atomic E-state index is 0.107. The third kappa shape index (κ3) is 3.39. The first kappa shape index (κ1) is 13.7. The van der Waals surface area contributed by atoms with E-state index in [0.717, 1.165) is 0 Å². The smallest absolute Gasteiger partial charge is 0.287 e. The number of Topliss-reactive ketones (excluding diaryl/α,β-unsaturated/α-hetero) is 1. The largest absolute Gasteiger partial charge is 0.390 e. The number of rotatable bonds is 4. The van der Waals surface area contributed by atoms with E-state index in [2.05, 4.69) is 4.98 Å². The number of aromatic amines is 1. The van der Waals surface area contributed by atoms with Crippen molar-refractivity contribution >= 4 is 11.5 Å². The van der Waals surface area contributed by atoms with E-state index in [0.29, 0.717) is 25.9 Å². The Balaban J connectivity index is 1.92. The molecule has 2 N–H and O–H groups in total. The summed E-state index contributed by atoms with van der Waals surface area (Å²) in [6.07, 6.45) is 2.48. The Morgan fingerprint density at radius 1 is 1.58 bits per heavy atom. The second-order valence-corrected chi connectivity index (χ2v) is 5.22. The maximum absolute atomic E-state index is 12.0. The monoisotopic (exact) mass is 267 g/mol. The molecule has 104 valence electrons. The summed E-state index contributed by atoms with van der Waals surface area (Å²) in [5, 5.41) is 20.3. The van der Waals surface area contributed by atoms with Crippen molar-refractivity contribution in [3.05, 3.63) is 28.1 Å². The number of H-pyrrole nitrogens is 1. The van der Waals surface area contributed by atoms with Crippen LogP contribution in [0, 0.1) is 10.1 Å². The first-order chi connectivity index (χ1) is 8.87. The van der Waals surface area contributed by atoms with Crippen molar-refractivity contribution in [2.24, 2.45) is 0 Å². The van der Waals surface area contributed by atoms with Crippen molar-refractivity contribution < 1.29 is 14.8 Å². The topological polar surface area (TPSA) is 99.5 Å². The van der Waals surface area contributed by atoms with Gasteiger partial charge in [0.2, 0.25) is 0 Å². The molecule has 7 nitrogen and oxygen atoms in total. The fourth-order valence-corrected chi connectivity index (χ4v) is 2.13. The van der Waals surface area contributed by atoms with Crippen LogP contribution in [0.5, 0.6) is 0 Å². The van der Waals surface area contributed by atoms with Gasteiger partial charge in [0.1, 0.15) is 0 Å². The van der Waals surface area contributed by atoms with E-state index >= 15 is 0 Å². The molecule has 0 amide bonds. The summed E-state index contributed by atoms with van der Waals surface area (Å²) in [5.41, 5.74) is -0.501. The van der Waals surface area contributed by atoms with Gasteiger partial charge >= 0.3 is 0 Å². The zero-order valence-electron chi connectivity index (χ0n) is 10.8. The summed E-state index contributed by atoms with van der Waals surface area (Å²) in [5.74, 6) is -0.172. The number of likely N-dealkylation sites (tertiary alicyclic amines) is 1. The number of carbonyl (C=O) groups excluding carboxylic acids is 1. The summed E-state index contributed by atoms with van der Waals surface area (Å²) >= 11 is 0. The summed E-state index contributed by atoms with van der Waals surface area (Å²) in [4.78, 5) is 26.5. The van der Waals surface area contributed by atoms with E-state index in [4.69, 9.17) is 0 Å². The van der Waals surface area contributed by atoms with Crippen molar-refractivity contribution in [3.8, 4) is 0 Å². The van der Waals surface area contributed by atoms with Crippen molar-refractivity contribution in [2.45, 2.75) is 25.4 Å². The van der Waals surface area contributed by atoms with E-state index in [1.54, 1.807) is 6.92 Å². The Morgan fingerprint density at radius 3 is 2.74 bits per heavy atom. The fourth-order valence-electron chi connectivity index (χ4n) is 2.13. The Hall–Kier alpha value is -1.73. The van der Waals surface area contributed by atoms with Crippen LogP contribution in [0.4, 0.5) is 5.69 Å².